The van der Waals surface area contributed by atoms with Gasteiger partial charge in [-0.25, -0.2) is 9.18 Å². The van der Waals surface area contributed by atoms with Gasteiger partial charge in [-0.15, -0.1) is 0 Å². The maximum Gasteiger partial charge on any atom is 0.321 e. The average molecular weight is 389 g/mol. The Kier molecular flexibility index (Phi) is 5.27. The number of likely N-dealkylation sites (tertiary alicyclic amines) is 2. The predicted octanol–water partition coefficient (Wildman–Crippen LogP) is 3.24. The van der Waals surface area contributed by atoms with Crippen molar-refractivity contribution in [3.63, 3.8) is 0 Å². The number of carbonyl (C=O) groups excluding carboxylic acids is 2. The molecule has 0 aromatic heterocycles. The van der Waals surface area contributed by atoms with Gasteiger partial charge in [-0.1, -0.05) is 6.92 Å². The highest BCUT2D eigenvalue weighted by molar-refractivity contribution is 5.89. The Bertz CT molecular complexity index is 735. The van der Waals surface area contributed by atoms with Crippen LogP contribution in [0.15, 0.2) is 24.3 Å². The SMILES string of the molecule is C[C@H]1CN(C(=O)Nc2ccc(F)cc2)CC[C@]12CCC(C(=O)N1CCCC1)O2. The van der Waals surface area contributed by atoms with Gasteiger partial charge in [0.25, 0.3) is 5.91 Å². The lowest BCUT2D eigenvalue weighted by Crippen LogP contribution is -2.54. The molecule has 3 aliphatic heterocycles. The highest BCUT2D eigenvalue weighted by Gasteiger charge is 2.50. The largest absolute Gasteiger partial charge is 0.362 e. The van der Waals surface area contributed by atoms with Crippen LogP contribution < -0.4 is 5.32 Å². The van der Waals surface area contributed by atoms with E-state index in [1.165, 1.54) is 12.1 Å². The smallest absolute Gasteiger partial charge is 0.321 e. The summed E-state index contributed by atoms with van der Waals surface area (Å²) in [6.07, 6.45) is 4.19. The lowest BCUT2D eigenvalue weighted by Gasteiger charge is -2.44. The second-order valence-electron chi connectivity index (χ2n) is 8.28. The van der Waals surface area contributed by atoms with E-state index in [2.05, 4.69) is 12.2 Å². The fourth-order valence-electron chi connectivity index (χ4n) is 4.72. The number of amides is 3. The normalized spacial score (nSPS) is 30.1. The summed E-state index contributed by atoms with van der Waals surface area (Å²) in [4.78, 5) is 29.0. The van der Waals surface area contributed by atoms with E-state index in [0.29, 0.717) is 18.8 Å². The van der Waals surface area contributed by atoms with E-state index in [1.54, 1.807) is 17.0 Å². The highest BCUT2D eigenvalue weighted by atomic mass is 19.1. The number of rotatable bonds is 2. The van der Waals surface area contributed by atoms with E-state index >= 15 is 0 Å². The summed E-state index contributed by atoms with van der Waals surface area (Å²) < 4.78 is 19.4. The molecule has 0 aliphatic carbocycles. The second kappa shape index (κ2) is 7.70. The van der Waals surface area contributed by atoms with E-state index < -0.39 is 0 Å². The number of ether oxygens (including phenoxy) is 1. The minimum atomic E-state index is -0.333. The Hall–Kier alpha value is -2.15. The zero-order valence-corrected chi connectivity index (χ0v) is 16.3. The molecule has 1 unspecified atom stereocenters. The van der Waals surface area contributed by atoms with Crippen molar-refractivity contribution in [3.8, 4) is 0 Å². The number of urea groups is 1. The van der Waals surface area contributed by atoms with Gasteiger partial charge in [0.1, 0.15) is 11.9 Å². The quantitative estimate of drug-likeness (QED) is 0.845. The van der Waals surface area contributed by atoms with Crippen LogP contribution in [0.25, 0.3) is 0 Å². The lowest BCUT2D eigenvalue weighted by atomic mass is 9.80. The van der Waals surface area contributed by atoms with Crippen molar-refractivity contribution in [2.45, 2.75) is 50.7 Å². The molecule has 1 spiro atoms. The van der Waals surface area contributed by atoms with Crippen molar-refractivity contribution in [1.82, 2.24) is 9.80 Å². The summed E-state index contributed by atoms with van der Waals surface area (Å²) in [5.74, 6) is -0.0439. The molecular formula is C21H28FN3O3. The molecule has 4 rings (SSSR count). The van der Waals surface area contributed by atoms with E-state index in [4.69, 9.17) is 4.74 Å². The fourth-order valence-corrected chi connectivity index (χ4v) is 4.72. The van der Waals surface area contributed by atoms with Crippen LogP contribution >= 0.6 is 0 Å². The van der Waals surface area contributed by atoms with Crippen molar-refractivity contribution >= 4 is 17.6 Å². The van der Waals surface area contributed by atoms with Crippen LogP contribution in [0.2, 0.25) is 0 Å². The molecule has 1 aromatic rings. The van der Waals surface area contributed by atoms with Crippen LogP contribution in [-0.4, -0.2) is 59.6 Å². The van der Waals surface area contributed by atoms with Gasteiger partial charge in [-0.3, -0.25) is 4.79 Å². The number of carbonyl (C=O) groups is 2. The van der Waals surface area contributed by atoms with Crippen LogP contribution in [0.4, 0.5) is 14.9 Å². The molecule has 6 nitrogen and oxygen atoms in total. The van der Waals surface area contributed by atoms with Crippen molar-refractivity contribution < 1.29 is 18.7 Å². The summed E-state index contributed by atoms with van der Waals surface area (Å²) in [5, 5.41) is 2.82. The Labute approximate surface area is 165 Å². The Morgan fingerprint density at radius 2 is 1.82 bits per heavy atom. The maximum atomic E-state index is 13.0. The van der Waals surface area contributed by atoms with E-state index in [-0.39, 0.29) is 35.4 Å². The number of piperidine rings is 1. The second-order valence-corrected chi connectivity index (χ2v) is 8.28. The van der Waals surface area contributed by atoms with E-state index in [0.717, 1.165) is 45.2 Å². The van der Waals surface area contributed by atoms with Crippen molar-refractivity contribution in [2.75, 3.05) is 31.5 Å². The zero-order chi connectivity index (χ0) is 19.7. The molecule has 3 fully saturated rings. The molecule has 3 atom stereocenters. The van der Waals surface area contributed by atoms with Crippen LogP contribution in [0.5, 0.6) is 0 Å². The summed E-state index contributed by atoms with van der Waals surface area (Å²) in [5.41, 5.74) is 0.264. The van der Waals surface area contributed by atoms with Gasteiger partial charge in [-0.05, 0) is 56.4 Å². The average Bonchev–Trinajstić information content (AvgIpc) is 3.36. The maximum absolute atomic E-state index is 13.0. The molecule has 0 bridgehead atoms. The van der Waals surface area contributed by atoms with Crippen LogP contribution in [0, 0.1) is 11.7 Å². The predicted molar refractivity (Wildman–Crippen MR) is 103 cm³/mol. The molecule has 3 saturated heterocycles. The molecule has 0 radical (unpaired) electrons. The summed E-state index contributed by atoms with van der Waals surface area (Å²) in [6.45, 7) is 4.96. The lowest BCUT2D eigenvalue weighted by molar-refractivity contribution is -0.154. The Morgan fingerprint density at radius 1 is 1.11 bits per heavy atom. The van der Waals surface area contributed by atoms with Crippen LogP contribution in [-0.2, 0) is 9.53 Å². The third kappa shape index (κ3) is 3.72. The number of anilines is 1. The molecule has 152 valence electrons. The monoisotopic (exact) mass is 389 g/mol. The third-order valence-electron chi connectivity index (χ3n) is 6.48. The molecular weight excluding hydrogens is 361 g/mol. The van der Waals surface area contributed by atoms with E-state index in [9.17, 15) is 14.0 Å². The van der Waals surface area contributed by atoms with Gasteiger partial charge in [0.2, 0.25) is 0 Å². The zero-order valence-electron chi connectivity index (χ0n) is 16.3. The molecule has 1 N–H and O–H groups in total. The molecule has 0 saturated carbocycles. The van der Waals surface area contributed by atoms with Crippen LogP contribution in [0.1, 0.15) is 39.0 Å². The number of hydrogen-bond donors (Lipinski definition) is 1. The topological polar surface area (TPSA) is 61.9 Å². The fraction of sp³-hybridized carbons (Fsp3) is 0.619. The molecule has 7 heteroatoms. The summed E-state index contributed by atoms with van der Waals surface area (Å²) >= 11 is 0. The van der Waals surface area contributed by atoms with Gasteiger partial charge >= 0.3 is 6.03 Å². The number of benzene rings is 1. The third-order valence-corrected chi connectivity index (χ3v) is 6.48. The van der Waals surface area contributed by atoms with Crippen LogP contribution in [0.3, 0.4) is 0 Å². The van der Waals surface area contributed by atoms with Crippen molar-refractivity contribution in [3.05, 3.63) is 30.1 Å². The number of nitrogens with zero attached hydrogens (tertiary/aromatic N) is 2. The molecule has 3 heterocycles. The number of halogens is 1. The van der Waals surface area contributed by atoms with Crippen molar-refractivity contribution in [1.29, 1.82) is 0 Å². The first-order valence-corrected chi connectivity index (χ1v) is 10.2. The number of hydrogen-bond acceptors (Lipinski definition) is 3. The standard InChI is InChI=1S/C21H28FN3O3/c1-15-14-25(20(27)23-17-6-4-16(22)5-7-17)13-10-21(15)9-8-18(28-21)19(26)24-11-2-3-12-24/h4-7,15,18H,2-3,8-14H2,1H3,(H,23,27)/t15-,18?,21+/m0/s1. The molecule has 1 aromatic carbocycles. The van der Waals surface area contributed by atoms with Gasteiger partial charge in [0, 0.05) is 37.8 Å². The summed E-state index contributed by atoms with van der Waals surface area (Å²) in [6, 6.07) is 5.57. The molecule has 3 amide bonds. The van der Waals surface area contributed by atoms with Crippen molar-refractivity contribution in [2.24, 2.45) is 5.92 Å². The van der Waals surface area contributed by atoms with Gasteiger partial charge in [0.05, 0.1) is 5.60 Å². The van der Waals surface area contributed by atoms with Gasteiger partial charge in [-0.2, -0.15) is 0 Å². The first-order chi connectivity index (χ1) is 13.5. The molecule has 3 aliphatic rings. The highest BCUT2D eigenvalue weighted by Crippen LogP contribution is 2.43. The van der Waals surface area contributed by atoms with E-state index in [1.807, 2.05) is 4.90 Å². The van der Waals surface area contributed by atoms with Gasteiger partial charge in [0.15, 0.2) is 0 Å². The minimum Gasteiger partial charge on any atom is -0.362 e. The minimum absolute atomic E-state index is 0.137. The Morgan fingerprint density at radius 3 is 2.50 bits per heavy atom. The molecule has 28 heavy (non-hydrogen) atoms. The Balaban J connectivity index is 1.34. The first kappa shape index (κ1) is 19.2. The number of nitrogens with one attached hydrogen (secondary N) is 1. The van der Waals surface area contributed by atoms with Gasteiger partial charge < -0.3 is 19.9 Å². The first-order valence-electron chi connectivity index (χ1n) is 10.2. The summed E-state index contributed by atoms with van der Waals surface area (Å²) in [7, 11) is 0.